The fraction of sp³-hybridized carbons (Fsp3) is 0.100. The summed E-state index contributed by atoms with van der Waals surface area (Å²) in [6, 6.07) is 15.9. The van der Waals surface area contributed by atoms with E-state index in [1.807, 2.05) is 35.9 Å². The second-order valence-electron chi connectivity index (χ2n) is 6.14. The molecule has 2 aromatic carbocycles. The van der Waals surface area contributed by atoms with Gasteiger partial charge >= 0.3 is 6.18 Å². The lowest BCUT2D eigenvalue weighted by molar-refractivity contribution is -0.136. The number of nitrogens with one attached hydrogen (secondary N) is 1. The molecule has 4 aromatic rings. The molecule has 0 atom stereocenters. The first-order valence-corrected chi connectivity index (χ1v) is 9.15. The SMILES string of the molecule is Cn1c(-c2ccc(C(=O)Nc3ccccc3C(F)(F)F)s2)nc2ccccc21. The third-order valence-electron chi connectivity index (χ3n) is 4.32. The zero-order valence-electron chi connectivity index (χ0n) is 14.6. The number of hydrogen-bond donors (Lipinski definition) is 1. The first kappa shape index (κ1) is 18.2. The van der Waals surface area contributed by atoms with Crippen molar-refractivity contribution in [3.63, 3.8) is 0 Å². The third kappa shape index (κ3) is 3.27. The van der Waals surface area contributed by atoms with Gasteiger partial charge in [-0.15, -0.1) is 11.3 Å². The van der Waals surface area contributed by atoms with Crippen LogP contribution in [0.15, 0.2) is 60.7 Å². The number of rotatable bonds is 3. The smallest absolute Gasteiger partial charge is 0.326 e. The fourth-order valence-corrected chi connectivity index (χ4v) is 3.90. The van der Waals surface area contributed by atoms with Crippen molar-refractivity contribution in [3.05, 3.63) is 71.1 Å². The molecule has 4 nitrogen and oxygen atoms in total. The highest BCUT2D eigenvalue weighted by molar-refractivity contribution is 7.17. The number of imidazole rings is 1. The van der Waals surface area contributed by atoms with Crippen LogP contribution in [0.2, 0.25) is 0 Å². The van der Waals surface area contributed by atoms with Gasteiger partial charge in [0, 0.05) is 7.05 Å². The maximum absolute atomic E-state index is 13.1. The minimum atomic E-state index is -4.54. The number of halogens is 3. The lowest BCUT2D eigenvalue weighted by atomic mass is 10.1. The van der Waals surface area contributed by atoms with Gasteiger partial charge < -0.3 is 9.88 Å². The number of anilines is 1. The highest BCUT2D eigenvalue weighted by Gasteiger charge is 2.33. The molecule has 0 aliphatic heterocycles. The van der Waals surface area contributed by atoms with Gasteiger partial charge in [0.25, 0.3) is 5.91 Å². The minimum Gasteiger partial charge on any atom is -0.326 e. The minimum absolute atomic E-state index is 0.266. The van der Waals surface area contributed by atoms with E-state index in [1.54, 1.807) is 12.1 Å². The van der Waals surface area contributed by atoms with Crippen molar-refractivity contribution in [3.8, 4) is 10.7 Å². The van der Waals surface area contributed by atoms with E-state index in [4.69, 9.17) is 0 Å². The number of hydrogen-bond acceptors (Lipinski definition) is 3. The maximum Gasteiger partial charge on any atom is 0.418 e. The number of thiophene rings is 1. The molecule has 1 N–H and O–H groups in total. The molecule has 0 unspecified atom stereocenters. The average molecular weight is 401 g/mol. The number of nitrogens with zero attached hydrogens (tertiary/aromatic N) is 2. The van der Waals surface area contributed by atoms with Crippen LogP contribution >= 0.6 is 11.3 Å². The molecule has 0 spiro atoms. The van der Waals surface area contributed by atoms with E-state index < -0.39 is 17.6 Å². The van der Waals surface area contributed by atoms with Gasteiger partial charge in [-0.05, 0) is 36.4 Å². The molecule has 8 heteroatoms. The number of benzene rings is 2. The van der Waals surface area contributed by atoms with Gasteiger partial charge in [0.1, 0.15) is 0 Å². The third-order valence-corrected chi connectivity index (χ3v) is 5.40. The number of carbonyl (C=O) groups excluding carboxylic acids is 1. The highest BCUT2D eigenvalue weighted by Crippen LogP contribution is 2.35. The largest absolute Gasteiger partial charge is 0.418 e. The fourth-order valence-electron chi connectivity index (χ4n) is 2.97. The number of para-hydroxylation sites is 3. The normalized spacial score (nSPS) is 11.7. The predicted octanol–water partition coefficient (Wildman–Crippen LogP) is 5.57. The number of alkyl halides is 3. The second kappa shape index (κ2) is 6.79. The topological polar surface area (TPSA) is 46.9 Å². The van der Waals surface area contributed by atoms with E-state index in [9.17, 15) is 18.0 Å². The van der Waals surface area contributed by atoms with E-state index in [1.165, 1.54) is 29.5 Å². The van der Waals surface area contributed by atoms with Crippen LogP contribution in [-0.2, 0) is 13.2 Å². The quantitative estimate of drug-likeness (QED) is 0.488. The Bertz CT molecular complexity index is 1180. The van der Waals surface area contributed by atoms with Gasteiger partial charge in [0.05, 0.1) is 32.0 Å². The summed E-state index contributed by atoms with van der Waals surface area (Å²) in [5.41, 5.74) is 0.641. The number of carbonyl (C=O) groups is 1. The summed E-state index contributed by atoms with van der Waals surface area (Å²) in [6.07, 6.45) is -4.54. The Labute approximate surface area is 162 Å². The monoisotopic (exact) mass is 401 g/mol. The van der Waals surface area contributed by atoms with Crippen molar-refractivity contribution in [1.82, 2.24) is 9.55 Å². The summed E-state index contributed by atoms with van der Waals surface area (Å²) in [5.74, 6) is 0.104. The summed E-state index contributed by atoms with van der Waals surface area (Å²) in [5, 5.41) is 2.36. The number of aromatic nitrogens is 2. The van der Waals surface area contributed by atoms with Crippen LogP contribution in [-0.4, -0.2) is 15.5 Å². The zero-order chi connectivity index (χ0) is 19.9. The number of fused-ring (bicyclic) bond motifs is 1. The Morgan fingerprint density at radius 3 is 2.50 bits per heavy atom. The van der Waals surface area contributed by atoms with E-state index in [-0.39, 0.29) is 5.69 Å². The Morgan fingerprint density at radius 1 is 1.04 bits per heavy atom. The molecule has 2 aromatic heterocycles. The Morgan fingerprint density at radius 2 is 1.75 bits per heavy atom. The van der Waals surface area contributed by atoms with E-state index in [2.05, 4.69) is 10.3 Å². The second-order valence-corrected chi connectivity index (χ2v) is 7.23. The van der Waals surface area contributed by atoms with Gasteiger partial charge in [-0.25, -0.2) is 4.98 Å². The molecular weight excluding hydrogens is 387 g/mol. The molecule has 142 valence electrons. The van der Waals surface area contributed by atoms with Crippen molar-refractivity contribution < 1.29 is 18.0 Å². The van der Waals surface area contributed by atoms with Crippen molar-refractivity contribution in [2.24, 2.45) is 7.05 Å². The lowest BCUT2D eigenvalue weighted by Gasteiger charge is -2.12. The molecule has 4 rings (SSSR count). The molecule has 0 aliphatic carbocycles. The molecule has 1 amide bonds. The number of amides is 1. The lowest BCUT2D eigenvalue weighted by Crippen LogP contribution is -2.15. The maximum atomic E-state index is 13.1. The molecule has 0 aliphatic rings. The highest BCUT2D eigenvalue weighted by atomic mass is 32.1. The van der Waals surface area contributed by atoms with Crippen molar-refractivity contribution >= 4 is 34.0 Å². The van der Waals surface area contributed by atoms with Crippen LogP contribution in [0.4, 0.5) is 18.9 Å². The van der Waals surface area contributed by atoms with Gasteiger partial charge in [0.2, 0.25) is 0 Å². The van der Waals surface area contributed by atoms with Crippen molar-refractivity contribution in [1.29, 1.82) is 0 Å². The summed E-state index contributed by atoms with van der Waals surface area (Å²) in [4.78, 5) is 18.1. The van der Waals surface area contributed by atoms with Crippen LogP contribution in [0.3, 0.4) is 0 Å². The molecule has 0 radical (unpaired) electrons. The Kier molecular flexibility index (Phi) is 4.43. The molecule has 0 saturated heterocycles. The molecule has 0 bridgehead atoms. The van der Waals surface area contributed by atoms with Crippen LogP contribution in [0.1, 0.15) is 15.2 Å². The van der Waals surface area contributed by atoms with Gasteiger partial charge in [-0.2, -0.15) is 13.2 Å². The van der Waals surface area contributed by atoms with Crippen LogP contribution in [0.25, 0.3) is 21.7 Å². The molecule has 2 heterocycles. The summed E-state index contributed by atoms with van der Waals surface area (Å²) >= 11 is 1.18. The van der Waals surface area contributed by atoms with Crippen LogP contribution in [0.5, 0.6) is 0 Å². The number of aryl methyl sites for hydroxylation is 1. The molecule has 0 fully saturated rings. The van der Waals surface area contributed by atoms with Gasteiger partial charge in [-0.1, -0.05) is 24.3 Å². The van der Waals surface area contributed by atoms with E-state index in [0.717, 1.165) is 22.0 Å². The molecule has 0 saturated carbocycles. The van der Waals surface area contributed by atoms with Crippen LogP contribution < -0.4 is 5.32 Å². The summed E-state index contributed by atoms with van der Waals surface area (Å²) < 4.78 is 41.3. The van der Waals surface area contributed by atoms with E-state index >= 15 is 0 Å². The predicted molar refractivity (Wildman–Crippen MR) is 103 cm³/mol. The average Bonchev–Trinajstić information content (AvgIpc) is 3.27. The van der Waals surface area contributed by atoms with E-state index in [0.29, 0.717) is 10.7 Å². The Hall–Kier alpha value is -3.13. The summed E-state index contributed by atoms with van der Waals surface area (Å²) in [7, 11) is 1.88. The first-order valence-electron chi connectivity index (χ1n) is 8.34. The van der Waals surface area contributed by atoms with Gasteiger partial charge in [0.15, 0.2) is 5.82 Å². The molecule has 28 heavy (non-hydrogen) atoms. The van der Waals surface area contributed by atoms with Gasteiger partial charge in [-0.3, -0.25) is 4.79 Å². The standard InChI is InChI=1S/C20H14F3N3OS/c1-26-15-9-5-4-8-14(15)24-18(26)16-10-11-17(28-16)19(27)25-13-7-3-2-6-12(13)20(21,22)23/h2-11H,1H3,(H,25,27). The first-order chi connectivity index (χ1) is 13.3. The zero-order valence-corrected chi connectivity index (χ0v) is 15.4. The van der Waals surface area contributed by atoms with Crippen molar-refractivity contribution in [2.45, 2.75) is 6.18 Å². The van der Waals surface area contributed by atoms with Crippen molar-refractivity contribution in [2.75, 3.05) is 5.32 Å². The Balaban J connectivity index is 1.63. The molecular formula is C20H14F3N3OS. The van der Waals surface area contributed by atoms with Crippen LogP contribution in [0, 0.1) is 0 Å². The summed E-state index contributed by atoms with van der Waals surface area (Å²) in [6.45, 7) is 0.